The normalized spacial score (nSPS) is 19.2. The first-order chi connectivity index (χ1) is 11.4. The second-order valence-electron chi connectivity index (χ2n) is 5.46. The van der Waals surface area contributed by atoms with Gasteiger partial charge in [0.25, 0.3) is 0 Å². The number of nitrogens with zero attached hydrogens (tertiary/aromatic N) is 2. The molecule has 0 spiro atoms. The molecule has 6 nitrogen and oxygen atoms in total. The third kappa shape index (κ3) is 5.73. The van der Waals surface area contributed by atoms with Crippen molar-refractivity contribution in [2.24, 2.45) is 0 Å². The van der Waals surface area contributed by atoms with Crippen molar-refractivity contribution in [3.63, 3.8) is 0 Å². The van der Waals surface area contributed by atoms with Crippen molar-refractivity contribution in [3.05, 3.63) is 23.9 Å². The number of alkyl halides is 3. The molecular formula is C15H20F3N3O3. The number of ether oxygens (including phenoxy) is 2. The Morgan fingerprint density at radius 1 is 1.54 bits per heavy atom. The summed E-state index contributed by atoms with van der Waals surface area (Å²) >= 11 is 0. The molecule has 0 radical (unpaired) electrons. The van der Waals surface area contributed by atoms with Gasteiger partial charge >= 0.3 is 6.18 Å². The van der Waals surface area contributed by atoms with E-state index in [1.807, 2.05) is 0 Å². The van der Waals surface area contributed by atoms with Gasteiger partial charge in [-0.25, -0.2) is 4.98 Å². The van der Waals surface area contributed by atoms with Crippen LogP contribution in [0.2, 0.25) is 0 Å². The molecule has 24 heavy (non-hydrogen) atoms. The number of methoxy groups -OCH3 is 1. The molecule has 1 N–H and O–H groups in total. The van der Waals surface area contributed by atoms with E-state index < -0.39 is 24.7 Å². The van der Waals surface area contributed by atoms with Gasteiger partial charge in [0.15, 0.2) is 0 Å². The Morgan fingerprint density at radius 3 is 3.04 bits per heavy atom. The van der Waals surface area contributed by atoms with E-state index in [9.17, 15) is 18.0 Å². The van der Waals surface area contributed by atoms with Gasteiger partial charge in [0.05, 0.1) is 26.4 Å². The summed E-state index contributed by atoms with van der Waals surface area (Å²) in [5, 5.41) is 2.56. The summed E-state index contributed by atoms with van der Waals surface area (Å²) in [6, 6.07) is 2.47. The number of hydrogen-bond donors (Lipinski definition) is 1. The Kier molecular flexibility index (Phi) is 6.52. The van der Waals surface area contributed by atoms with Crippen LogP contribution in [0.15, 0.2) is 18.3 Å². The average Bonchev–Trinajstić information content (AvgIpc) is 2.52. The van der Waals surface area contributed by atoms with E-state index in [0.717, 1.165) is 10.5 Å². The fraction of sp³-hybridized carbons (Fsp3) is 0.600. The SMILES string of the molecule is COCCc1ccnc(NC(=O)C2COCCN2CC(F)(F)F)c1. The summed E-state index contributed by atoms with van der Waals surface area (Å²) in [5.41, 5.74) is 0.911. The maximum atomic E-state index is 12.6. The maximum Gasteiger partial charge on any atom is 0.401 e. The zero-order valence-corrected chi connectivity index (χ0v) is 13.3. The largest absolute Gasteiger partial charge is 0.401 e. The summed E-state index contributed by atoms with van der Waals surface area (Å²) in [4.78, 5) is 17.4. The van der Waals surface area contributed by atoms with Crippen molar-refractivity contribution in [1.82, 2.24) is 9.88 Å². The highest BCUT2D eigenvalue weighted by molar-refractivity contribution is 5.94. The standard InChI is InChI=1S/C15H20F3N3O3/c1-23-6-3-11-2-4-19-13(8-11)20-14(22)12-9-24-7-5-21(12)10-15(16,17)18/h2,4,8,12H,3,5-7,9-10H2,1H3,(H,19,20,22). The molecule has 9 heteroatoms. The second kappa shape index (κ2) is 8.41. The lowest BCUT2D eigenvalue weighted by molar-refractivity contribution is -0.165. The number of carbonyl (C=O) groups excluding carboxylic acids is 1. The molecule has 0 saturated carbocycles. The van der Waals surface area contributed by atoms with Crippen molar-refractivity contribution in [1.29, 1.82) is 0 Å². The maximum absolute atomic E-state index is 12.6. The van der Waals surface area contributed by atoms with Crippen LogP contribution in [0.1, 0.15) is 5.56 Å². The molecule has 1 unspecified atom stereocenters. The van der Waals surface area contributed by atoms with Crippen LogP contribution in [-0.2, 0) is 20.7 Å². The first-order valence-corrected chi connectivity index (χ1v) is 7.52. The molecule has 1 amide bonds. The number of hydrogen-bond acceptors (Lipinski definition) is 5. The third-order valence-electron chi connectivity index (χ3n) is 3.59. The smallest absolute Gasteiger partial charge is 0.384 e. The fourth-order valence-corrected chi connectivity index (χ4v) is 2.43. The molecule has 0 aromatic carbocycles. The highest BCUT2D eigenvalue weighted by Gasteiger charge is 2.38. The Morgan fingerprint density at radius 2 is 2.33 bits per heavy atom. The number of aromatic nitrogens is 1. The van der Waals surface area contributed by atoms with E-state index >= 15 is 0 Å². The van der Waals surface area contributed by atoms with Crippen molar-refractivity contribution >= 4 is 11.7 Å². The Bertz CT molecular complexity index is 554. The fourth-order valence-electron chi connectivity index (χ4n) is 2.43. The van der Waals surface area contributed by atoms with E-state index in [-0.39, 0.29) is 19.8 Å². The number of morpholine rings is 1. The Balaban J connectivity index is 2.01. The van der Waals surface area contributed by atoms with Crippen LogP contribution < -0.4 is 5.32 Å². The lowest BCUT2D eigenvalue weighted by Crippen LogP contribution is -2.54. The van der Waals surface area contributed by atoms with Gasteiger partial charge in [0.2, 0.25) is 5.91 Å². The molecule has 1 aromatic heterocycles. The van der Waals surface area contributed by atoms with Crippen molar-refractivity contribution in [2.75, 3.05) is 45.3 Å². The van der Waals surface area contributed by atoms with Crippen LogP contribution in [0.4, 0.5) is 19.0 Å². The monoisotopic (exact) mass is 347 g/mol. The molecule has 1 atom stereocenters. The van der Waals surface area contributed by atoms with E-state index in [0.29, 0.717) is 18.8 Å². The first kappa shape index (κ1) is 18.6. The highest BCUT2D eigenvalue weighted by atomic mass is 19.4. The van der Waals surface area contributed by atoms with Crippen LogP contribution in [-0.4, -0.2) is 68.0 Å². The number of carbonyl (C=O) groups is 1. The molecule has 1 aromatic rings. The first-order valence-electron chi connectivity index (χ1n) is 7.52. The van der Waals surface area contributed by atoms with Crippen molar-refractivity contribution in [2.45, 2.75) is 18.6 Å². The van der Waals surface area contributed by atoms with E-state index in [1.165, 1.54) is 6.20 Å². The predicted octanol–water partition coefficient (Wildman–Crippen LogP) is 1.47. The predicted molar refractivity (Wildman–Crippen MR) is 80.7 cm³/mol. The zero-order chi connectivity index (χ0) is 17.6. The molecule has 1 fully saturated rings. The van der Waals surface area contributed by atoms with Crippen LogP contribution in [0.5, 0.6) is 0 Å². The third-order valence-corrected chi connectivity index (χ3v) is 3.59. The Labute approximate surface area is 137 Å². The number of rotatable bonds is 6. The summed E-state index contributed by atoms with van der Waals surface area (Å²) in [5.74, 6) is -0.263. The van der Waals surface area contributed by atoms with Crippen LogP contribution in [0, 0.1) is 0 Å². The van der Waals surface area contributed by atoms with Crippen LogP contribution in [0.25, 0.3) is 0 Å². The molecule has 2 heterocycles. The minimum absolute atomic E-state index is 0.0545. The molecule has 1 saturated heterocycles. The number of halogens is 3. The average molecular weight is 347 g/mol. The summed E-state index contributed by atoms with van der Waals surface area (Å²) in [6.07, 6.45) is -2.19. The minimum Gasteiger partial charge on any atom is -0.384 e. The van der Waals surface area contributed by atoms with E-state index in [1.54, 1.807) is 19.2 Å². The van der Waals surface area contributed by atoms with Gasteiger partial charge in [-0.15, -0.1) is 0 Å². The quantitative estimate of drug-likeness (QED) is 0.844. The second-order valence-corrected chi connectivity index (χ2v) is 5.46. The van der Waals surface area contributed by atoms with Gasteiger partial charge < -0.3 is 14.8 Å². The lowest BCUT2D eigenvalue weighted by atomic mass is 10.2. The number of amides is 1. The molecule has 2 rings (SSSR count). The Hall–Kier alpha value is -1.71. The van der Waals surface area contributed by atoms with Crippen molar-refractivity contribution < 1.29 is 27.4 Å². The number of nitrogens with one attached hydrogen (secondary N) is 1. The van der Waals surface area contributed by atoms with Gasteiger partial charge in [-0.2, -0.15) is 13.2 Å². The summed E-state index contributed by atoms with van der Waals surface area (Å²) < 4.78 is 48.1. The summed E-state index contributed by atoms with van der Waals surface area (Å²) in [6.45, 7) is -0.474. The number of anilines is 1. The van der Waals surface area contributed by atoms with E-state index in [2.05, 4.69) is 10.3 Å². The topological polar surface area (TPSA) is 63.7 Å². The molecule has 1 aliphatic rings. The molecule has 0 bridgehead atoms. The van der Waals surface area contributed by atoms with E-state index in [4.69, 9.17) is 9.47 Å². The van der Waals surface area contributed by atoms with Gasteiger partial charge in [0.1, 0.15) is 11.9 Å². The zero-order valence-electron chi connectivity index (χ0n) is 13.3. The van der Waals surface area contributed by atoms with Crippen LogP contribution in [0.3, 0.4) is 0 Å². The lowest BCUT2D eigenvalue weighted by Gasteiger charge is -2.34. The van der Waals surface area contributed by atoms with Crippen LogP contribution >= 0.6 is 0 Å². The van der Waals surface area contributed by atoms with Gasteiger partial charge in [-0.3, -0.25) is 9.69 Å². The van der Waals surface area contributed by atoms with Gasteiger partial charge in [-0.05, 0) is 24.1 Å². The molecule has 0 aliphatic carbocycles. The van der Waals surface area contributed by atoms with Gasteiger partial charge in [0, 0.05) is 19.9 Å². The molecule has 1 aliphatic heterocycles. The van der Waals surface area contributed by atoms with Crippen molar-refractivity contribution in [3.8, 4) is 0 Å². The molecular weight excluding hydrogens is 327 g/mol. The number of pyridine rings is 1. The molecule has 134 valence electrons. The van der Waals surface area contributed by atoms with Gasteiger partial charge in [-0.1, -0.05) is 0 Å². The minimum atomic E-state index is -4.37. The highest BCUT2D eigenvalue weighted by Crippen LogP contribution is 2.20. The summed E-state index contributed by atoms with van der Waals surface area (Å²) in [7, 11) is 1.59.